The van der Waals surface area contributed by atoms with Crippen LogP contribution in [0.4, 0.5) is 23.2 Å². The van der Waals surface area contributed by atoms with E-state index in [-0.39, 0.29) is 17.7 Å². The first-order valence-corrected chi connectivity index (χ1v) is 6.01. The van der Waals surface area contributed by atoms with Crippen molar-refractivity contribution in [3.8, 4) is 11.5 Å². The Bertz CT molecular complexity index is 759. The summed E-state index contributed by atoms with van der Waals surface area (Å²) in [6.45, 7) is 1.54. The minimum Gasteiger partial charge on any atom is -0.505 e. The molecule has 2 aromatic carbocycles. The molecule has 2 rings (SSSR count). The van der Waals surface area contributed by atoms with E-state index in [9.17, 15) is 22.7 Å². The van der Waals surface area contributed by atoms with Crippen LogP contribution < -0.4 is 10.5 Å². The van der Waals surface area contributed by atoms with Crippen LogP contribution in [0.15, 0.2) is 6.07 Å². The number of halogens is 4. The van der Waals surface area contributed by atoms with Crippen LogP contribution in [-0.2, 0) is 6.42 Å². The molecule has 0 saturated carbocycles. The number of alkyl halides is 1. The number of aryl methyl sites for hydroxylation is 1. The van der Waals surface area contributed by atoms with Gasteiger partial charge in [-0.2, -0.15) is 4.39 Å². The summed E-state index contributed by atoms with van der Waals surface area (Å²) < 4.78 is 58.1. The molecule has 0 saturated heterocycles. The van der Waals surface area contributed by atoms with E-state index in [1.165, 1.54) is 6.92 Å². The highest BCUT2D eigenvalue weighted by Gasteiger charge is 2.32. The fourth-order valence-corrected chi connectivity index (χ4v) is 2.14. The van der Waals surface area contributed by atoms with E-state index in [2.05, 4.69) is 4.74 Å². The number of phenols is 1. The van der Waals surface area contributed by atoms with Crippen molar-refractivity contribution < 1.29 is 37.6 Å². The van der Waals surface area contributed by atoms with E-state index in [1.807, 2.05) is 0 Å². The predicted molar refractivity (Wildman–Crippen MR) is 68.2 cm³/mol. The zero-order chi connectivity index (χ0) is 16.8. The quantitative estimate of drug-likeness (QED) is 0.228. The molecular weight excluding hydrogens is 310 g/mol. The van der Waals surface area contributed by atoms with Crippen molar-refractivity contribution in [3.63, 3.8) is 0 Å². The smallest absolute Gasteiger partial charge is 0.492 e. The van der Waals surface area contributed by atoms with Crippen molar-refractivity contribution >= 4 is 16.5 Å². The SMILES string of the molecule is CCc1cc(N)c(O)c2c(F)c(F)c(F)c(OC(O)(O)F)c12. The Morgan fingerprint density at radius 1 is 1.14 bits per heavy atom. The predicted octanol–water partition coefficient (Wildman–Crippen LogP) is 2.05. The van der Waals surface area contributed by atoms with Crippen LogP contribution in [0, 0.1) is 17.5 Å². The number of rotatable bonds is 3. The first kappa shape index (κ1) is 16.1. The largest absolute Gasteiger partial charge is 0.505 e. The number of anilines is 1. The molecule has 5 nitrogen and oxygen atoms in total. The monoisotopic (exact) mass is 321 g/mol. The number of benzene rings is 2. The first-order valence-electron chi connectivity index (χ1n) is 6.01. The molecule has 0 atom stereocenters. The number of ether oxygens (including phenoxy) is 1. The van der Waals surface area contributed by atoms with Gasteiger partial charge in [0.15, 0.2) is 17.4 Å². The average Bonchev–Trinajstić information content (AvgIpc) is 2.42. The lowest BCUT2D eigenvalue weighted by molar-refractivity contribution is -0.375. The van der Waals surface area contributed by atoms with Gasteiger partial charge in [-0.15, -0.1) is 4.39 Å². The van der Waals surface area contributed by atoms with Gasteiger partial charge in [-0.05, 0) is 18.1 Å². The van der Waals surface area contributed by atoms with Gasteiger partial charge in [-0.3, -0.25) is 0 Å². The number of phenolic OH excluding ortho intramolecular Hbond substituents is 1. The Labute approximate surface area is 121 Å². The highest BCUT2D eigenvalue weighted by Crippen LogP contribution is 2.43. The average molecular weight is 321 g/mol. The Morgan fingerprint density at radius 3 is 2.23 bits per heavy atom. The summed E-state index contributed by atoms with van der Waals surface area (Å²) in [7, 11) is 0. The molecular formula is C13H11F4NO4. The molecule has 0 spiro atoms. The molecule has 0 amide bonds. The second-order valence-corrected chi connectivity index (χ2v) is 4.48. The topological polar surface area (TPSA) is 95.9 Å². The van der Waals surface area contributed by atoms with Gasteiger partial charge in [-0.25, -0.2) is 8.78 Å². The molecule has 9 heteroatoms. The first-order chi connectivity index (χ1) is 10.1. The van der Waals surface area contributed by atoms with Crippen LogP contribution in [0.25, 0.3) is 10.8 Å². The van der Waals surface area contributed by atoms with E-state index in [4.69, 9.17) is 15.9 Å². The molecule has 0 aromatic heterocycles. The Balaban J connectivity index is 3.03. The second-order valence-electron chi connectivity index (χ2n) is 4.48. The summed E-state index contributed by atoms with van der Waals surface area (Å²) >= 11 is 0. The van der Waals surface area contributed by atoms with Gasteiger partial charge in [0, 0.05) is 5.39 Å². The number of aromatic hydroxyl groups is 1. The maximum Gasteiger partial charge on any atom is 0.492 e. The molecule has 0 radical (unpaired) electrons. The summed E-state index contributed by atoms with van der Waals surface area (Å²) in [6.07, 6.45) is -4.24. The third-order valence-corrected chi connectivity index (χ3v) is 3.06. The Morgan fingerprint density at radius 2 is 1.73 bits per heavy atom. The van der Waals surface area contributed by atoms with E-state index < -0.39 is 46.0 Å². The van der Waals surface area contributed by atoms with Gasteiger partial charge in [0.1, 0.15) is 5.75 Å². The van der Waals surface area contributed by atoms with Crippen LogP contribution in [0.5, 0.6) is 11.5 Å². The van der Waals surface area contributed by atoms with E-state index >= 15 is 0 Å². The van der Waals surface area contributed by atoms with Crippen LogP contribution in [0.3, 0.4) is 0 Å². The van der Waals surface area contributed by atoms with E-state index in [0.29, 0.717) is 0 Å². The third kappa shape index (κ3) is 2.48. The van der Waals surface area contributed by atoms with Crippen LogP contribution in [-0.4, -0.2) is 21.5 Å². The van der Waals surface area contributed by atoms with Crippen molar-refractivity contribution in [2.45, 2.75) is 19.6 Å². The molecule has 0 bridgehead atoms. The molecule has 0 fully saturated rings. The maximum absolute atomic E-state index is 13.9. The standard InChI is InChI=1S/C13H11F4NO4/c1-2-4-3-5(18)11(19)7-6(4)12(22-13(17,20)21)10(16)9(15)8(7)14/h3,19-21H,2,18H2,1H3. The molecule has 120 valence electrons. The van der Waals surface area contributed by atoms with Gasteiger partial charge in [0.25, 0.3) is 0 Å². The van der Waals surface area contributed by atoms with Gasteiger partial charge >= 0.3 is 6.23 Å². The number of nitrogen functional groups attached to an aromatic ring is 1. The lowest BCUT2D eigenvalue weighted by atomic mass is 9.98. The molecule has 0 unspecified atom stereocenters. The zero-order valence-electron chi connectivity index (χ0n) is 11.1. The van der Waals surface area contributed by atoms with Gasteiger partial charge in [0.05, 0.1) is 11.1 Å². The molecule has 0 aliphatic rings. The summed E-state index contributed by atoms with van der Waals surface area (Å²) in [4.78, 5) is 0. The summed E-state index contributed by atoms with van der Waals surface area (Å²) in [5.74, 6) is -8.04. The molecule has 0 aliphatic heterocycles. The van der Waals surface area contributed by atoms with E-state index in [1.54, 1.807) is 0 Å². The fourth-order valence-electron chi connectivity index (χ4n) is 2.14. The number of fused-ring (bicyclic) bond motifs is 1. The Kier molecular flexibility index (Phi) is 3.80. The number of nitrogens with two attached hydrogens (primary N) is 1. The highest BCUT2D eigenvalue weighted by atomic mass is 19.2. The van der Waals surface area contributed by atoms with Crippen molar-refractivity contribution in [1.82, 2.24) is 0 Å². The zero-order valence-corrected chi connectivity index (χ0v) is 11.1. The number of aliphatic hydroxyl groups is 2. The molecule has 5 N–H and O–H groups in total. The molecule has 0 heterocycles. The van der Waals surface area contributed by atoms with E-state index in [0.717, 1.165) is 6.07 Å². The van der Waals surface area contributed by atoms with Gasteiger partial charge < -0.3 is 25.8 Å². The summed E-state index contributed by atoms with van der Waals surface area (Å²) in [5, 5.41) is 25.6. The normalized spacial score (nSPS) is 12.0. The van der Waals surface area contributed by atoms with Crippen LogP contribution in [0.1, 0.15) is 12.5 Å². The highest BCUT2D eigenvalue weighted by molar-refractivity contribution is 5.99. The maximum atomic E-state index is 13.9. The fraction of sp³-hybridized carbons (Fsp3) is 0.231. The third-order valence-electron chi connectivity index (χ3n) is 3.06. The minimum atomic E-state index is -4.33. The van der Waals surface area contributed by atoms with Crippen LogP contribution >= 0.6 is 0 Å². The minimum absolute atomic E-state index is 0.0716. The lowest BCUT2D eigenvalue weighted by Gasteiger charge is -2.19. The number of hydrogen-bond acceptors (Lipinski definition) is 5. The van der Waals surface area contributed by atoms with Crippen molar-refractivity contribution in [1.29, 1.82) is 0 Å². The second kappa shape index (κ2) is 5.18. The lowest BCUT2D eigenvalue weighted by Crippen LogP contribution is -2.30. The van der Waals surface area contributed by atoms with Gasteiger partial charge in [-0.1, -0.05) is 6.92 Å². The van der Waals surface area contributed by atoms with Crippen molar-refractivity contribution in [2.24, 2.45) is 0 Å². The number of hydrogen-bond donors (Lipinski definition) is 4. The molecule has 2 aromatic rings. The Hall–Kier alpha value is -2.26. The summed E-state index contributed by atoms with van der Waals surface area (Å²) in [5.41, 5.74) is 5.20. The summed E-state index contributed by atoms with van der Waals surface area (Å²) in [6, 6.07) is 1.12. The van der Waals surface area contributed by atoms with Crippen molar-refractivity contribution in [3.05, 3.63) is 29.1 Å². The molecule has 22 heavy (non-hydrogen) atoms. The van der Waals surface area contributed by atoms with Crippen LogP contribution in [0.2, 0.25) is 0 Å². The van der Waals surface area contributed by atoms with Gasteiger partial charge in [0.2, 0.25) is 5.82 Å². The van der Waals surface area contributed by atoms with Crippen molar-refractivity contribution in [2.75, 3.05) is 5.73 Å². The molecule has 0 aliphatic carbocycles.